The molecular weight excluding hydrogens is 528 g/mol. The van der Waals surface area contributed by atoms with E-state index in [0.29, 0.717) is 0 Å². The minimum Gasteiger partial charge on any atom is -0.355 e. The minimum absolute atomic E-state index is 0.902. The molecule has 1 aromatic carbocycles. The first-order valence-electron chi connectivity index (χ1n) is 10.1. The number of aromatic nitrogens is 4. The molecule has 0 fully saturated rings. The van der Waals surface area contributed by atoms with Gasteiger partial charge in [0.15, 0.2) is 0 Å². The largest absolute Gasteiger partial charge is 0.355 e. The lowest BCUT2D eigenvalue weighted by molar-refractivity contribution is 1.31. The van der Waals surface area contributed by atoms with Crippen LogP contribution in [-0.2, 0) is 0 Å². The third kappa shape index (κ3) is 3.87. The molecule has 6 heteroatoms. The maximum absolute atomic E-state index is 4.79. The Morgan fingerprint density at radius 1 is 0.531 bits per heavy atom. The Hall–Kier alpha value is -3.22. The van der Waals surface area contributed by atoms with Crippen LogP contribution in [-0.4, -0.2) is 19.9 Å². The molecule has 0 saturated carbocycles. The number of rotatable bonds is 1. The van der Waals surface area contributed by atoms with Crippen molar-refractivity contribution in [3.05, 3.63) is 92.4 Å². The zero-order valence-electron chi connectivity index (χ0n) is 16.7. The molecule has 32 heavy (non-hydrogen) atoms. The van der Waals surface area contributed by atoms with Gasteiger partial charge in [-0.1, -0.05) is 31.9 Å². The van der Waals surface area contributed by atoms with Crippen LogP contribution in [0, 0.1) is 0 Å². The quantitative estimate of drug-likeness (QED) is 0.222. The molecule has 0 saturated heterocycles. The van der Waals surface area contributed by atoms with Crippen LogP contribution in [0.3, 0.4) is 0 Å². The van der Waals surface area contributed by atoms with Crippen molar-refractivity contribution in [2.45, 2.75) is 0 Å². The van der Waals surface area contributed by atoms with Gasteiger partial charge >= 0.3 is 0 Å². The average Bonchev–Trinajstić information content (AvgIpc) is 3.52. The fraction of sp³-hybridized carbons (Fsp3) is 0. The van der Waals surface area contributed by atoms with Crippen LogP contribution >= 0.6 is 31.9 Å². The predicted molar refractivity (Wildman–Crippen MR) is 140 cm³/mol. The molecule has 4 aromatic rings. The van der Waals surface area contributed by atoms with Crippen molar-refractivity contribution in [1.82, 2.24) is 19.9 Å². The minimum atomic E-state index is 0.902. The van der Waals surface area contributed by atoms with Crippen molar-refractivity contribution in [3.63, 3.8) is 0 Å². The van der Waals surface area contributed by atoms with E-state index in [1.54, 1.807) is 0 Å². The number of H-pyrrole nitrogens is 2. The zero-order chi connectivity index (χ0) is 21.7. The highest BCUT2D eigenvalue weighted by Gasteiger charge is 2.08. The Balaban J connectivity index is 1.68. The SMILES string of the molecule is Brc1cc(Br)cc(-c2cc3cc4nc(cc5ccc(cc6nc(cc2[nH]3)C=C6)[nH]5)C=C4)c1. The molecule has 0 unspecified atom stereocenters. The summed E-state index contributed by atoms with van der Waals surface area (Å²) in [6, 6.07) is 20.8. The third-order valence-corrected chi connectivity index (χ3v) is 6.26. The summed E-state index contributed by atoms with van der Waals surface area (Å²) >= 11 is 7.22. The second-order valence-electron chi connectivity index (χ2n) is 7.75. The van der Waals surface area contributed by atoms with Crippen molar-refractivity contribution in [3.8, 4) is 11.1 Å². The molecule has 2 aliphatic heterocycles. The standard InChI is InChI=1S/C26H16Br2N4/c27-16-7-15(8-17(28)9-16)25-13-24-12-22-4-3-20(30-22)10-18-1-2-19(29-18)11-21-5-6-23(31-21)14-26(25)32-24/h1-14,29,32H. The lowest BCUT2D eigenvalue weighted by Crippen LogP contribution is -1.79. The van der Waals surface area contributed by atoms with Crippen LogP contribution in [0.4, 0.5) is 0 Å². The van der Waals surface area contributed by atoms with Gasteiger partial charge in [-0.05, 0) is 90.5 Å². The van der Waals surface area contributed by atoms with Gasteiger partial charge in [-0.3, -0.25) is 0 Å². The average molecular weight is 544 g/mol. The van der Waals surface area contributed by atoms with Gasteiger partial charge in [0.05, 0.1) is 22.8 Å². The van der Waals surface area contributed by atoms with E-state index < -0.39 is 0 Å². The first kappa shape index (κ1) is 19.5. The van der Waals surface area contributed by atoms with E-state index in [2.05, 4.69) is 84.3 Å². The highest BCUT2D eigenvalue weighted by atomic mass is 79.9. The van der Waals surface area contributed by atoms with Gasteiger partial charge in [0, 0.05) is 36.6 Å². The van der Waals surface area contributed by atoms with Gasteiger partial charge in [-0.2, -0.15) is 0 Å². The third-order valence-electron chi connectivity index (χ3n) is 5.34. The smallest absolute Gasteiger partial charge is 0.0658 e. The number of hydrogen-bond donors (Lipinski definition) is 2. The summed E-state index contributed by atoms with van der Waals surface area (Å²) in [5.41, 5.74) is 9.85. The Morgan fingerprint density at radius 2 is 1.06 bits per heavy atom. The number of nitrogens with one attached hydrogen (secondary N) is 2. The molecule has 2 N–H and O–H groups in total. The molecular formula is C26H16Br2N4. The molecule has 2 aliphatic rings. The molecule has 0 atom stereocenters. The van der Waals surface area contributed by atoms with Crippen molar-refractivity contribution >= 4 is 78.2 Å². The van der Waals surface area contributed by atoms with Crippen LogP contribution in [0.5, 0.6) is 0 Å². The molecule has 5 heterocycles. The molecule has 4 nitrogen and oxygen atoms in total. The number of nitrogens with zero attached hydrogens (tertiary/aromatic N) is 2. The highest BCUT2D eigenvalue weighted by Crippen LogP contribution is 2.32. The molecule has 0 spiro atoms. The lowest BCUT2D eigenvalue weighted by Gasteiger charge is -2.02. The fourth-order valence-corrected chi connectivity index (χ4v) is 5.26. The van der Waals surface area contributed by atoms with Gasteiger partial charge in [-0.25, -0.2) is 9.97 Å². The number of hydrogen-bond acceptors (Lipinski definition) is 2. The van der Waals surface area contributed by atoms with Gasteiger partial charge < -0.3 is 9.97 Å². The van der Waals surface area contributed by atoms with Crippen LogP contribution in [0.25, 0.3) is 57.5 Å². The Bertz CT molecular complexity index is 1590. The maximum Gasteiger partial charge on any atom is 0.0658 e. The molecule has 8 bridgehead atoms. The van der Waals surface area contributed by atoms with E-state index in [1.165, 1.54) is 0 Å². The van der Waals surface area contributed by atoms with Crippen molar-refractivity contribution in [2.75, 3.05) is 0 Å². The summed E-state index contributed by atoms with van der Waals surface area (Å²) < 4.78 is 2.04. The van der Waals surface area contributed by atoms with Gasteiger partial charge in [0.25, 0.3) is 0 Å². The van der Waals surface area contributed by atoms with E-state index >= 15 is 0 Å². The summed E-state index contributed by atoms with van der Waals surface area (Å²) in [5, 5.41) is 0. The van der Waals surface area contributed by atoms with Crippen LogP contribution in [0.15, 0.2) is 69.6 Å². The predicted octanol–water partition coefficient (Wildman–Crippen LogP) is 7.85. The molecule has 0 radical (unpaired) electrons. The van der Waals surface area contributed by atoms with Crippen molar-refractivity contribution < 1.29 is 0 Å². The molecule has 154 valence electrons. The Kier molecular flexibility index (Phi) is 4.70. The van der Waals surface area contributed by atoms with Crippen molar-refractivity contribution in [1.29, 1.82) is 0 Å². The molecule has 0 aliphatic carbocycles. The van der Waals surface area contributed by atoms with E-state index in [4.69, 9.17) is 9.97 Å². The monoisotopic (exact) mass is 542 g/mol. The lowest BCUT2D eigenvalue weighted by atomic mass is 10.1. The van der Waals surface area contributed by atoms with Crippen LogP contribution < -0.4 is 0 Å². The van der Waals surface area contributed by atoms with Crippen LogP contribution in [0.2, 0.25) is 0 Å². The van der Waals surface area contributed by atoms with Gasteiger partial charge in [0.2, 0.25) is 0 Å². The van der Waals surface area contributed by atoms with Crippen LogP contribution in [0.1, 0.15) is 22.8 Å². The number of aromatic amines is 2. The molecule has 0 amide bonds. The summed E-state index contributed by atoms with van der Waals surface area (Å²) in [7, 11) is 0. The van der Waals surface area contributed by atoms with Gasteiger partial charge in [-0.15, -0.1) is 0 Å². The van der Waals surface area contributed by atoms with Crippen molar-refractivity contribution in [2.24, 2.45) is 0 Å². The zero-order valence-corrected chi connectivity index (χ0v) is 19.9. The summed E-state index contributed by atoms with van der Waals surface area (Å²) in [5.74, 6) is 0. The number of benzene rings is 1. The Labute approximate surface area is 201 Å². The number of halogens is 2. The fourth-order valence-electron chi connectivity index (χ4n) is 3.97. The number of fused-ring (bicyclic) bond motifs is 8. The Morgan fingerprint density at radius 3 is 1.66 bits per heavy atom. The van der Waals surface area contributed by atoms with E-state index in [-0.39, 0.29) is 0 Å². The maximum atomic E-state index is 4.79. The van der Waals surface area contributed by atoms with Gasteiger partial charge in [0.1, 0.15) is 0 Å². The second kappa shape index (κ2) is 7.73. The highest BCUT2D eigenvalue weighted by molar-refractivity contribution is 9.11. The molecule has 3 aromatic heterocycles. The summed E-state index contributed by atoms with van der Waals surface area (Å²) in [6.07, 6.45) is 8.13. The van der Waals surface area contributed by atoms with E-state index in [9.17, 15) is 0 Å². The summed E-state index contributed by atoms with van der Waals surface area (Å²) in [4.78, 5) is 16.5. The normalized spacial score (nSPS) is 12.4. The topological polar surface area (TPSA) is 57.4 Å². The first-order valence-corrected chi connectivity index (χ1v) is 11.7. The first-order chi connectivity index (χ1) is 15.6. The van der Waals surface area contributed by atoms with E-state index in [0.717, 1.165) is 64.9 Å². The van der Waals surface area contributed by atoms with E-state index in [1.807, 2.05) is 42.5 Å². The second-order valence-corrected chi connectivity index (χ2v) is 9.58. The summed E-state index contributed by atoms with van der Waals surface area (Å²) in [6.45, 7) is 0. The molecule has 6 rings (SSSR count).